The van der Waals surface area contributed by atoms with Crippen molar-refractivity contribution >= 4 is 11.9 Å². The molecule has 0 spiro atoms. The maximum Gasteiger partial charge on any atom is 0.305 e. The molecule has 6 heteroatoms. The number of esters is 1. The zero-order valence-corrected chi connectivity index (χ0v) is 12.4. The molecule has 0 rings (SSSR count). The number of carboxylic acid groups (broad SMARTS) is 1. The van der Waals surface area contributed by atoms with E-state index in [0.717, 1.165) is 0 Å². The van der Waals surface area contributed by atoms with Gasteiger partial charge in [-0.1, -0.05) is 13.8 Å². The van der Waals surface area contributed by atoms with E-state index < -0.39 is 5.97 Å². The van der Waals surface area contributed by atoms with Crippen molar-refractivity contribution in [1.29, 1.82) is 0 Å². The van der Waals surface area contributed by atoms with Crippen LogP contribution in [0.5, 0.6) is 0 Å². The highest BCUT2D eigenvalue weighted by Crippen LogP contribution is 2.01. The molecule has 0 aliphatic heterocycles. The Bertz CT molecular complexity index is 264. The zero-order valence-electron chi connectivity index (χ0n) is 12.4. The molecular weight excluding hydrogens is 264 g/mol. The number of aliphatic carboxylic acids is 1. The molecule has 118 valence electrons. The Labute approximate surface area is 120 Å². The van der Waals surface area contributed by atoms with E-state index in [4.69, 9.17) is 19.3 Å². The van der Waals surface area contributed by atoms with Gasteiger partial charge >= 0.3 is 11.9 Å². The van der Waals surface area contributed by atoms with Gasteiger partial charge in [-0.3, -0.25) is 9.59 Å². The van der Waals surface area contributed by atoms with E-state index in [9.17, 15) is 9.59 Å². The van der Waals surface area contributed by atoms with Gasteiger partial charge in [0.05, 0.1) is 19.8 Å². The summed E-state index contributed by atoms with van der Waals surface area (Å²) in [6.45, 7) is 6.49. The van der Waals surface area contributed by atoms with Crippen molar-refractivity contribution in [3.05, 3.63) is 0 Å². The van der Waals surface area contributed by atoms with Crippen LogP contribution < -0.4 is 0 Å². The highest BCUT2D eigenvalue weighted by Gasteiger charge is 2.04. The van der Waals surface area contributed by atoms with Gasteiger partial charge in [-0.15, -0.1) is 0 Å². The highest BCUT2D eigenvalue weighted by molar-refractivity contribution is 5.69. The summed E-state index contributed by atoms with van der Waals surface area (Å²) in [6.07, 6.45) is 1.38. The molecule has 0 saturated heterocycles. The fourth-order valence-corrected chi connectivity index (χ4v) is 1.37. The molecule has 0 aliphatic rings. The minimum Gasteiger partial charge on any atom is -0.481 e. The van der Waals surface area contributed by atoms with Crippen molar-refractivity contribution in [3.63, 3.8) is 0 Å². The lowest BCUT2D eigenvalue weighted by atomic mass is 10.2. The van der Waals surface area contributed by atoms with Gasteiger partial charge in [0, 0.05) is 19.4 Å². The Balaban J connectivity index is 3.21. The van der Waals surface area contributed by atoms with E-state index in [-0.39, 0.29) is 25.4 Å². The Morgan fingerprint density at radius 1 is 0.950 bits per heavy atom. The van der Waals surface area contributed by atoms with Crippen LogP contribution in [0.15, 0.2) is 0 Å². The van der Waals surface area contributed by atoms with Crippen LogP contribution in [0.25, 0.3) is 0 Å². The molecule has 0 heterocycles. The van der Waals surface area contributed by atoms with Gasteiger partial charge in [-0.25, -0.2) is 0 Å². The summed E-state index contributed by atoms with van der Waals surface area (Å²) in [6, 6.07) is 0. The van der Waals surface area contributed by atoms with Gasteiger partial charge in [0.1, 0.15) is 6.61 Å². The van der Waals surface area contributed by atoms with Crippen molar-refractivity contribution in [2.24, 2.45) is 5.92 Å². The third-order valence-corrected chi connectivity index (χ3v) is 2.34. The molecule has 0 aliphatic carbocycles. The number of carbonyl (C=O) groups is 2. The smallest absolute Gasteiger partial charge is 0.305 e. The summed E-state index contributed by atoms with van der Waals surface area (Å²) in [4.78, 5) is 21.5. The predicted octanol–water partition coefficient (Wildman–Crippen LogP) is 1.86. The van der Waals surface area contributed by atoms with Crippen LogP contribution in [0.2, 0.25) is 0 Å². The summed E-state index contributed by atoms with van der Waals surface area (Å²) in [5.41, 5.74) is 0. The molecule has 0 radical (unpaired) electrons. The van der Waals surface area contributed by atoms with Crippen molar-refractivity contribution < 1.29 is 28.9 Å². The fraction of sp³-hybridized carbons (Fsp3) is 0.857. The zero-order chi connectivity index (χ0) is 15.2. The molecule has 0 saturated carbocycles. The van der Waals surface area contributed by atoms with E-state index in [1.807, 2.05) is 0 Å². The molecule has 0 fully saturated rings. The second-order valence-corrected chi connectivity index (χ2v) is 4.90. The van der Waals surface area contributed by atoms with Crippen LogP contribution >= 0.6 is 0 Å². The average Bonchev–Trinajstić information content (AvgIpc) is 2.37. The SMILES string of the molecule is CC(C)COCCOCCOC(=O)CCCCC(=O)O. The first-order valence-electron chi connectivity index (χ1n) is 7.05. The van der Waals surface area contributed by atoms with E-state index in [2.05, 4.69) is 13.8 Å². The van der Waals surface area contributed by atoms with Crippen LogP contribution in [0.1, 0.15) is 39.5 Å². The van der Waals surface area contributed by atoms with E-state index in [0.29, 0.717) is 45.2 Å². The van der Waals surface area contributed by atoms with Crippen LogP contribution in [0, 0.1) is 5.92 Å². The standard InChI is InChI=1S/C14H26O6/c1-12(2)11-19-8-7-18-9-10-20-14(17)6-4-3-5-13(15)16/h12H,3-11H2,1-2H3,(H,15,16). The lowest BCUT2D eigenvalue weighted by molar-refractivity contribution is -0.146. The normalized spacial score (nSPS) is 10.8. The Hall–Kier alpha value is -1.14. The fourth-order valence-electron chi connectivity index (χ4n) is 1.37. The van der Waals surface area contributed by atoms with Gasteiger partial charge in [0.15, 0.2) is 0 Å². The maximum atomic E-state index is 11.2. The molecule has 0 aromatic carbocycles. The lowest BCUT2D eigenvalue weighted by Crippen LogP contribution is -2.13. The second kappa shape index (κ2) is 12.9. The molecule has 0 aromatic rings. The number of unbranched alkanes of at least 4 members (excludes halogenated alkanes) is 1. The molecule has 20 heavy (non-hydrogen) atoms. The second-order valence-electron chi connectivity index (χ2n) is 4.90. The summed E-state index contributed by atoms with van der Waals surface area (Å²) >= 11 is 0. The van der Waals surface area contributed by atoms with Crippen molar-refractivity contribution in [2.45, 2.75) is 39.5 Å². The van der Waals surface area contributed by atoms with Crippen LogP contribution in [0.3, 0.4) is 0 Å². The third kappa shape index (κ3) is 14.9. The van der Waals surface area contributed by atoms with Gasteiger partial charge < -0.3 is 19.3 Å². The van der Waals surface area contributed by atoms with E-state index in [1.54, 1.807) is 0 Å². The Kier molecular flexibility index (Phi) is 12.1. The van der Waals surface area contributed by atoms with Crippen LogP contribution in [-0.2, 0) is 23.8 Å². The van der Waals surface area contributed by atoms with Crippen molar-refractivity contribution in [3.8, 4) is 0 Å². The molecule has 0 bridgehead atoms. The first kappa shape index (κ1) is 18.9. The Morgan fingerprint density at radius 3 is 2.20 bits per heavy atom. The number of ether oxygens (including phenoxy) is 3. The summed E-state index contributed by atoms with van der Waals surface area (Å²) < 4.78 is 15.5. The van der Waals surface area contributed by atoms with Gasteiger partial charge in [0.25, 0.3) is 0 Å². The number of rotatable bonds is 13. The number of hydrogen-bond acceptors (Lipinski definition) is 5. The minimum absolute atomic E-state index is 0.0900. The predicted molar refractivity (Wildman–Crippen MR) is 73.5 cm³/mol. The monoisotopic (exact) mass is 290 g/mol. The quantitative estimate of drug-likeness (QED) is 0.412. The van der Waals surface area contributed by atoms with Gasteiger partial charge in [-0.2, -0.15) is 0 Å². The lowest BCUT2D eigenvalue weighted by Gasteiger charge is -2.08. The van der Waals surface area contributed by atoms with E-state index >= 15 is 0 Å². The number of carbonyl (C=O) groups excluding carboxylic acids is 1. The first-order valence-corrected chi connectivity index (χ1v) is 7.05. The summed E-state index contributed by atoms with van der Waals surface area (Å²) in [5, 5.41) is 8.43. The third-order valence-electron chi connectivity index (χ3n) is 2.34. The molecule has 6 nitrogen and oxygen atoms in total. The number of carboxylic acids is 1. The molecule has 1 N–H and O–H groups in total. The summed E-state index contributed by atoms with van der Waals surface area (Å²) in [5.74, 6) is -0.640. The van der Waals surface area contributed by atoms with Gasteiger partial charge in [-0.05, 0) is 18.8 Å². The topological polar surface area (TPSA) is 82.1 Å². The molecular formula is C14H26O6. The highest BCUT2D eigenvalue weighted by atomic mass is 16.6. The molecule has 0 atom stereocenters. The maximum absolute atomic E-state index is 11.2. The minimum atomic E-state index is -0.841. The van der Waals surface area contributed by atoms with Gasteiger partial charge in [0.2, 0.25) is 0 Å². The van der Waals surface area contributed by atoms with Crippen LogP contribution in [-0.4, -0.2) is 50.1 Å². The largest absolute Gasteiger partial charge is 0.481 e. The number of hydrogen-bond donors (Lipinski definition) is 1. The van der Waals surface area contributed by atoms with E-state index in [1.165, 1.54) is 0 Å². The van der Waals surface area contributed by atoms with Crippen molar-refractivity contribution in [2.75, 3.05) is 33.0 Å². The molecule has 0 aromatic heterocycles. The average molecular weight is 290 g/mol. The van der Waals surface area contributed by atoms with Crippen molar-refractivity contribution in [1.82, 2.24) is 0 Å². The molecule has 0 unspecified atom stereocenters. The first-order chi connectivity index (χ1) is 9.52. The molecule has 0 amide bonds. The van der Waals surface area contributed by atoms with Crippen LogP contribution in [0.4, 0.5) is 0 Å². The Morgan fingerprint density at radius 2 is 1.55 bits per heavy atom. The summed E-state index contributed by atoms with van der Waals surface area (Å²) in [7, 11) is 0.